The van der Waals surface area contributed by atoms with Crippen LogP contribution in [0.25, 0.3) is 21.9 Å². The maximum Gasteiger partial charge on any atom is 0.152 e. The van der Waals surface area contributed by atoms with Crippen molar-refractivity contribution in [1.82, 2.24) is 14.5 Å². The zero-order chi connectivity index (χ0) is 16.2. The van der Waals surface area contributed by atoms with Gasteiger partial charge in [0.15, 0.2) is 5.82 Å². The largest absolute Gasteiger partial charge is 0.382 e. The SMILES string of the molecule is CCOCCn1c(COCC)nc2c(N)nc3ccccc3c21. The van der Waals surface area contributed by atoms with Crippen LogP contribution in [0.5, 0.6) is 0 Å². The summed E-state index contributed by atoms with van der Waals surface area (Å²) in [4.78, 5) is 9.14. The van der Waals surface area contributed by atoms with E-state index in [1.54, 1.807) is 0 Å². The minimum absolute atomic E-state index is 0.449. The maximum absolute atomic E-state index is 6.13. The highest BCUT2D eigenvalue weighted by atomic mass is 16.5. The van der Waals surface area contributed by atoms with Crippen molar-refractivity contribution in [3.8, 4) is 0 Å². The predicted octanol–water partition coefficient (Wildman–Crippen LogP) is 2.74. The third kappa shape index (κ3) is 3.00. The molecule has 0 spiro atoms. The summed E-state index contributed by atoms with van der Waals surface area (Å²) >= 11 is 0. The Labute approximate surface area is 135 Å². The molecular weight excluding hydrogens is 292 g/mol. The Hall–Kier alpha value is -2.18. The zero-order valence-electron chi connectivity index (χ0n) is 13.6. The van der Waals surface area contributed by atoms with Crippen molar-refractivity contribution in [2.24, 2.45) is 0 Å². The van der Waals surface area contributed by atoms with E-state index in [4.69, 9.17) is 15.2 Å². The van der Waals surface area contributed by atoms with Crippen molar-refractivity contribution in [1.29, 1.82) is 0 Å². The van der Waals surface area contributed by atoms with Gasteiger partial charge in [0.2, 0.25) is 0 Å². The first kappa shape index (κ1) is 15.7. The van der Waals surface area contributed by atoms with Gasteiger partial charge in [-0.15, -0.1) is 0 Å². The van der Waals surface area contributed by atoms with Crippen LogP contribution in [0.3, 0.4) is 0 Å². The average Bonchev–Trinajstić information content (AvgIpc) is 2.93. The van der Waals surface area contributed by atoms with Crippen molar-refractivity contribution in [3.63, 3.8) is 0 Å². The minimum atomic E-state index is 0.449. The van der Waals surface area contributed by atoms with E-state index in [9.17, 15) is 0 Å². The number of nitrogens with zero attached hydrogens (tertiary/aromatic N) is 3. The zero-order valence-corrected chi connectivity index (χ0v) is 13.6. The number of aromatic nitrogens is 3. The first-order valence-corrected chi connectivity index (χ1v) is 7.95. The normalized spacial score (nSPS) is 11.6. The van der Waals surface area contributed by atoms with Gasteiger partial charge in [-0.05, 0) is 19.9 Å². The number of nitrogens with two attached hydrogens (primary N) is 1. The standard InChI is InChI=1S/C17H22N4O2/c1-3-22-10-9-21-14(11-23-4-2)20-15-16(21)12-7-5-6-8-13(12)19-17(15)18/h5-8H,3-4,9-11H2,1-2H3,(H2,18,19). The summed E-state index contributed by atoms with van der Waals surface area (Å²) in [6.45, 7) is 7.08. The molecule has 0 unspecified atom stereocenters. The number of rotatable bonds is 7. The van der Waals surface area contributed by atoms with Gasteiger partial charge in [0.25, 0.3) is 0 Å². The lowest BCUT2D eigenvalue weighted by molar-refractivity contribution is 0.118. The molecule has 0 aliphatic rings. The molecule has 0 saturated heterocycles. The third-order valence-corrected chi connectivity index (χ3v) is 3.79. The lowest BCUT2D eigenvalue weighted by Gasteiger charge is -2.11. The number of para-hydroxylation sites is 1. The molecule has 3 rings (SSSR count). The summed E-state index contributed by atoms with van der Waals surface area (Å²) in [5, 5.41) is 1.04. The fourth-order valence-corrected chi connectivity index (χ4v) is 2.75. The van der Waals surface area contributed by atoms with Gasteiger partial charge in [-0.25, -0.2) is 9.97 Å². The van der Waals surface area contributed by atoms with Crippen LogP contribution in [0.2, 0.25) is 0 Å². The number of imidazole rings is 1. The first-order valence-electron chi connectivity index (χ1n) is 7.95. The molecule has 0 aliphatic heterocycles. The van der Waals surface area contributed by atoms with Crippen molar-refractivity contribution >= 4 is 27.8 Å². The molecule has 6 nitrogen and oxygen atoms in total. The summed E-state index contributed by atoms with van der Waals surface area (Å²) < 4.78 is 13.2. The van der Waals surface area contributed by atoms with E-state index in [2.05, 4.69) is 14.5 Å². The van der Waals surface area contributed by atoms with Crippen LogP contribution < -0.4 is 5.73 Å². The van der Waals surface area contributed by atoms with Crippen LogP contribution in [-0.4, -0.2) is 34.4 Å². The quantitative estimate of drug-likeness (QED) is 0.679. The Morgan fingerprint density at radius 2 is 1.87 bits per heavy atom. The number of ether oxygens (including phenoxy) is 2. The van der Waals surface area contributed by atoms with Gasteiger partial charge in [0.05, 0.1) is 17.6 Å². The van der Waals surface area contributed by atoms with Gasteiger partial charge in [-0.2, -0.15) is 0 Å². The monoisotopic (exact) mass is 314 g/mol. The molecule has 3 aromatic rings. The number of fused-ring (bicyclic) bond motifs is 3. The lowest BCUT2D eigenvalue weighted by atomic mass is 10.2. The Balaban J connectivity index is 2.19. The number of pyridine rings is 1. The van der Waals surface area contributed by atoms with Gasteiger partial charge in [0, 0.05) is 25.1 Å². The molecule has 0 aliphatic carbocycles. The van der Waals surface area contributed by atoms with E-state index >= 15 is 0 Å². The second-order valence-corrected chi connectivity index (χ2v) is 5.23. The third-order valence-electron chi connectivity index (χ3n) is 3.79. The molecule has 23 heavy (non-hydrogen) atoms. The van der Waals surface area contributed by atoms with Crippen LogP contribution in [0, 0.1) is 0 Å². The highest BCUT2D eigenvalue weighted by molar-refractivity contribution is 6.06. The molecule has 2 heterocycles. The topological polar surface area (TPSA) is 75.2 Å². The molecule has 0 fully saturated rings. The molecule has 0 saturated carbocycles. The summed E-state index contributed by atoms with van der Waals surface area (Å²) in [7, 11) is 0. The second-order valence-electron chi connectivity index (χ2n) is 5.23. The van der Waals surface area contributed by atoms with E-state index in [-0.39, 0.29) is 0 Å². The van der Waals surface area contributed by atoms with Crippen LogP contribution >= 0.6 is 0 Å². The van der Waals surface area contributed by atoms with Crippen LogP contribution in [0.15, 0.2) is 24.3 Å². The molecule has 122 valence electrons. The van der Waals surface area contributed by atoms with Crippen LogP contribution in [0.1, 0.15) is 19.7 Å². The fourth-order valence-electron chi connectivity index (χ4n) is 2.75. The van der Waals surface area contributed by atoms with E-state index in [1.807, 2.05) is 38.1 Å². The number of nitrogen functional groups attached to an aromatic ring is 1. The smallest absolute Gasteiger partial charge is 0.152 e. The molecule has 0 atom stereocenters. The molecule has 0 radical (unpaired) electrons. The molecular formula is C17H22N4O2. The Kier molecular flexibility index (Phi) is 4.73. The van der Waals surface area contributed by atoms with Gasteiger partial charge >= 0.3 is 0 Å². The summed E-state index contributed by atoms with van der Waals surface area (Å²) in [5.41, 5.74) is 8.74. The van der Waals surface area contributed by atoms with E-state index in [0.29, 0.717) is 38.8 Å². The minimum Gasteiger partial charge on any atom is -0.382 e. The van der Waals surface area contributed by atoms with Crippen molar-refractivity contribution < 1.29 is 9.47 Å². The molecule has 0 bridgehead atoms. The predicted molar refractivity (Wildman–Crippen MR) is 91.3 cm³/mol. The number of hydrogen-bond donors (Lipinski definition) is 1. The van der Waals surface area contributed by atoms with Crippen LogP contribution in [-0.2, 0) is 22.6 Å². The van der Waals surface area contributed by atoms with Gasteiger partial charge < -0.3 is 19.8 Å². The average molecular weight is 314 g/mol. The van der Waals surface area contributed by atoms with Gasteiger partial charge in [-0.3, -0.25) is 0 Å². The lowest BCUT2D eigenvalue weighted by Crippen LogP contribution is -2.11. The summed E-state index contributed by atoms with van der Waals surface area (Å²) in [6.07, 6.45) is 0. The fraction of sp³-hybridized carbons (Fsp3) is 0.412. The van der Waals surface area contributed by atoms with E-state index in [0.717, 1.165) is 27.8 Å². The van der Waals surface area contributed by atoms with Gasteiger partial charge in [0.1, 0.15) is 17.9 Å². The number of benzene rings is 1. The number of anilines is 1. The Morgan fingerprint density at radius 1 is 1.09 bits per heavy atom. The molecule has 2 aromatic heterocycles. The van der Waals surface area contributed by atoms with Crippen LogP contribution in [0.4, 0.5) is 5.82 Å². The highest BCUT2D eigenvalue weighted by Gasteiger charge is 2.17. The van der Waals surface area contributed by atoms with Crippen molar-refractivity contribution in [2.75, 3.05) is 25.6 Å². The Morgan fingerprint density at radius 3 is 2.65 bits per heavy atom. The van der Waals surface area contributed by atoms with Crippen molar-refractivity contribution in [3.05, 3.63) is 30.1 Å². The highest BCUT2D eigenvalue weighted by Crippen LogP contribution is 2.28. The number of hydrogen-bond acceptors (Lipinski definition) is 5. The maximum atomic E-state index is 6.13. The van der Waals surface area contributed by atoms with Crippen molar-refractivity contribution in [2.45, 2.75) is 27.0 Å². The van der Waals surface area contributed by atoms with E-state index < -0.39 is 0 Å². The summed E-state index contributed by atoms with van der Waals surface area (Å²) in [6, 6.07) is 7.98. The second kappa shape index (κ2) is 6.93. The molecule has 0 amide bonds. The Bertz CT molecular complexity index is 813. The molecule has 1 aromatic carbocycles. The first-order chi connectivity index (χ1) is 11.3. The molecule has 6 heteroatoms. The van der Waals surface area contributed by atoms with Gasteiger partial charge in [-0.1, -0.05) is 18.2 Å². The summed E-state index contributed by atoms with van der Waals surface area (Å²) in [5.74, 6) is 1.30. The van der Waals surface area contributed by atoms with E-state index in [1.165, 1.54) is 0 Å². The molecule has 2 N–H and O–H groups in total.